The van der Waals surface area contributed by atoms with Gasteiger partial charge in [0.25, 0.3) is 0 Å². The molecule has 4 nitrogen and oxygen atoms in total. The van der Waals surface area contributed by atoms with E-state index in [0.29, 0.717) is 18.1 Å². The van der Waals surface area contributed by atoms with Gasteiger partial charge in [0, 0.05) is 25.3 Å². The maximum atomic E-state index is 11.7. The van der Waals surface area contributed by atoms with E-state index in [-0.39, 0.29) is 5.91 Å². The Labute approximate surface area is 152 Å². The average Bonchev–Trinajstić information content (AvgIpc) is 3.04. The van der Waals surface area contributed by atoms with Crippen molar-refractivity contribution in [2.45, 2.75) is 19.5 Å². The van der Waals surface area contributed by atoms with Crippen LogP contribution in [0.25, 0.3) is 0 Å². The molecule has 2 aromatic rings. The maximum absolute atomic E-state index is 11.7. The predicted molar refractivity (Wildman–Crippen MR) is 102 cm³/mol. The van der Waals surface area contributed by atoms with Gasteiger partial charge in [-0.05, 0) is 29.2 Å². The van der Waals surface area contributed by atoms with Crippen LogP contribution in [0.4, 0.5) is 5.69 Å². The summed E-state index contributed by atoms with van der Waals surface area (Å²) in [4.78, 5) is 14.1. The number of benzene rings is 2. The molecule has 0 atom stereocenters. The van der Waals surface area contributed by atoms with Crippen LogP contribution >= 0.6 is 11.8 Å². The van der Waals surface area contributed by atoms with Crippen molar-refractivity contribution in [3.8, 4) is 6.07 Å². The van der Waals surface area contributed by atoms with Gasteiger partial charge in [-0.25, -0.2) is 0 Å². The van der Waals surface area contributed by atoms with Gasteiger partial charge in [-0.1, -0.05) is 42.5 Å². The van der Waals surface area contributed by atoms with Gasteiger partial charge in [0.05, 0.1) is 17.6 Å². The van der Waals surface area contributed by atoms with Crippen LogP contribution in [0.2, 0.25) is 0 Å². The van der Waals surface area contributed by atoms with Gasteiger partial charge in [-0.3, -0.25) is 4.79 Å². The number of amides is 1. The molecule has 1 aliphatic rings. The molecule has 1 aliphatic heterocycles. The number of rotatable bonds is 7. The van der Waals surface area contributed by atoms with Crippen molar-refractivity contribution < 1.29 is 4.79 Å². The first kappa shape index (κ1) is 17.4. The number of fused-ring (bicyclic) bond motifs is 1. The van der Waals surface area contributed by atoms with Crippen molar-refractivity contribution in [1.82, 2.24) is 5.32 Å². The van der Waals surface area contributed by atoms with Gasteiger partial charge in [0.1, 0.15) is 0 Å². The molecule has 1 amide bonds. The molecule has 0 aromatic heterocycles. The molecule has 128 valence electrons. The molecule has 1 N–H and O–H groups in total. The molecule has 0 radical (unpaired) electrons. The van der Waals surface area contributed by atoms with Crippen molar-refractivity contribution in [3.05, 3.63) is 65.2 Å². The van der Waals surface area contributed by atoms with Crippen molar-refractivity contribution in [1.29, 1.82) is 5.26 Å². The van der Waals surface area contributed by atoms with Crippen LogP contribution in [0.5, 0.6) is 0 Å². The largest absolute Gasteiger partial charge is 0.367 e. The van der Waals surface area contributed by atoms with Crippen molar-refractivity contribution in [2.75, 3.05) is 23.0 Å². The number of hydrogen-bond donors (Lipinski definition) is 1. The summed E-state index contributed by atoms with van der Waals surface area (Å²) in [6.07, 6.45) is 1.12. The Morgan fingerprint density at radius 3 is 2.72 bits per heavy atom. The summed E-state index contributed by atoms with van der Waals surface area (Å²) in [5.74, 6) is 0.653. The monoisotopic (exact) mass is 351 g/mol. The smallest absolute Gasteiger partial charge is 0.230 e. The molecule has 1 heterocycles. The molecular weight excluding hydrogens is 330 g/mol. The van der Waals surface area contributed by atoms with Crippen LogP contribution in [0.15, 0.2) is 48.5 Å². The molecule has 25 heavy (non-hydrogen) atoms. The van der Waals surface area contributed by atoms with E-state index in [1.807, 2.05) is 6.07 Å². The van der Waals surface area contributed by atoms with Gasteiger partial charge in [0.2, 0.25) is 5.91 Å². The van der Waals surface area contributed by atoms with Gasteiger partial charge in [0.15, 0.2) is 0 Å². The lowest BCUT2D eigenvalue weighted by molar-refractivity contribution is -0.118. The Hall–Kier alpha value is -2.45. The van der Waals surface area contributed by atoms with Gasteiger partial charge >= 0.3 is 0 Å². The van der Waals surface area contributed by atoms with Gasteiger partial charge in [-0.2, -0.15) is 5.26 Å². The highest BCUT2D eigenvalue weighted by Gasteiger charge is 2.18. The number of para-hydroxylation sites is 1. The standard InChI is InChI=1S/C20H21N3OS/c21-10-12-25-15-20(24)22-13-16-5-7-17(8-6-16)14-23-11-9-18-3-1-2-4-19(18)23/h1-8H,9,11-15H2,(H,22,24). The fraction of sp³-hybridized carbons (Fsp3) is 0.300. The quantitative estimate of drug-likeness (QED) is 0.779. The highest BCUT2D eigenvalue weighted by Crippen LogP contribution is 2.28. The first-order chi connectivity index (χ1) is 12.3. The van der Waals surface area contributed by atoms with Gasteiger partial charge in [-0.15, -0.1) is 11.8 Å². The zero-order valence-electron chi connectivity index (χ0n) is 14.1. The summed E-state index contributed by atoms with van der Waals surface area (Å²) >= 11 is 1.33. The molecule has 0 aliphatic carbocycles. The number of anilines is 1. The van der Waals surface area contributed by atoms with Gasteiger partial charge < -0.3 is 10.2 Å². The van der Waals surface area contributed by atoms with Crippen LogP contribution in [-0.2, 0) is 24.3 Å². The number of nitriles is 1. The van der Waals surface area contributed by atoms with Crippen LogP contribution < -0.4 is 10.2 Å². The molecule has 0 bridgehead atoms. The van der Waals surface area contributed by atoms with E-state index in [0.717, 1.165) is 25.1 Å². The lowest BCUT2D eigenvalue weighted by Crippen LogP contribution is -2.24. The number of hydrogen-bond acceptors (Lipinski definition) is 4. The summed E-state index contributed by atoms with van der Waals surface area (Å²) in [5.41, 5.74) is 5.13. The highest BCUT2D eigenvalue weighted by atomic mass is 32.2. The van der Waals surface area contributed by atoms with E-state index in [2.05, 4.69) is 58.7 Å². The van der Waals surface area contributed by atoms with Crippen LogP contribution in [0.3, 0.4) is 0 Å². The molecule has 3 rings (SSSR count). The van der Waals surface area contributed by atoms with E-state index in [9.17, 15) is 4.79 Å². The van der Waals surface area contributed by atoms with Crippen molar-refractivity contribution in [3.63, 3.8) is 0 Å². The van der Waals surface area contributed by atoms with E-state index >= 15 is 0 Å². The normalized spacial score (nSPS) is 12.5. The third kappa shape index (κ3) is 4.77. The van der Waals surface area contributed by atoms with E-state index < -0.39 is 0 Å². The van der Waals surface area contributed by atoms with Crippen LogP contribution in [-0.4, -0.2) is 24.0 Å². The summed E-state index contributed by atoms with van der Waals surface area (Å²) in [7, 11) is 0. The number of nitrogens with zero attached hydrogens (tertiary/aromatic N) is 2. The first-order valence-electron chi connectivity index (χ1n) is 8.38. The lowest BCUT2D eigenvalue weighted by Gasteiger charge is -2.19. The minimum Gasteiger partial charge on any atom is -0.367 e. The number of carbonyl (C=O) groups is 1. The van der Waals surface area contributed by atoms with E-state index in [1.165, 1.54) is 28.6 Å². The summed E-state index contributed by atoms with van der Waals surface area (Å²) in [5, 5.41) is 11.3. The zero-order chi connectivity index (χ0) is 17.5. The Morgan fingerprint density at radius 2 is 1.92 bits per heavy atom. The summed E-state index contributed by atoms with van der Waals surface area (Å²) in [6, 6.07) is 19.0. The maximum Gasteiger partial charge on any atom is 0.230 e. The molecule has 0 saturated heterocycles. The van der Waals surface area contributed by atoms with Crippen LogP contribution in [0.1, 0.15) is 16.7 Å². The molecule has 0 spiro atoms. The van der Waals surface area contributed by atoms with E-state index in [4.69, 9.17) is 5.26 Å². The fourth-order valence-corrected chi connectivity index (χ4v) is 3.48. The molecule has 0 unspecified atom stereocenters. The fourth-order valence-electron chi connectivity index (χ4n) is 2.99. The second kappa shape index (κ2) is 8.59. The second-order valence-corrected chi connectivity index (χ2v) is 7.03. The minimum absolute atomic E-state index is 0.0296. The molecule has 0 saturated carbocycles. The van der Waals surface area contributed by atoms with Crippen molar-refractivity contribution >= 4 is 23.4 Å². The van der Waals surface area contributed by atoms with E-state index in [1.54, 1.807) is 0 Å². The van der Waals surface area contributed by atoms with Crippen molar-refractivity contribution in [2.24, 2.45) is 0 Å². The van der Waals surface area contributed by atoms with Crippen LogP contribution in [0, 0.1) is 11.3 Å². The lowest BCUT2D eigenvalue weighted by atomic mass is 10.1. The molecular formula is C20H21N3OS. The average molecular weight is 351 g/mol. The minimum atomic E-state index is -0.0296. The third-order valence-corrected chi connectivity index (χ3v) is 5.07. The molecule has 5 heteroatoms. The Morgan fingerprint density at radius 1 is 1.16 bits per heavy atom. The summed E-state index contributed by atoms with van der Waals surface area (Å²) < 4.78 is 0. The third-order valence-electron chi connectivity index (χ3n) is 4.27. The predicted octanol–water partition coefficient (Wildman–Crippen LogP) is 3.12. The zero-order valence-corrected chi connectivity index (χ0v) is 14.9. The Kier molecular flexibility index (Phi) is 5.97. The topological polar surface area (TPSA) is 56.1 Å². The summed E-state index contributed by atoms with van der Waals surface area (Å²) in [6.45, 7) is 2.50. The molecule has 2 aromatic carbocycles. The number of thioether (sulfide) groups is 1. The number of nitrogens with one attached hydrogen (secondary N) is 1. The number of carbonyl (C=O) groups excluding carboxylic acids is 1. The first-order valence-corrected chi connectivity index (χ1v) is 9.54. The molecule has 0 fully saturated rings. The second-order valence-electron chi connectivity index (χ2n) is 6.04. The highest BCUT2D eigenvalue weighted by molar-refractivity contribution is 8.00. The Bertz CT molecular complexity index is 767. The Balaban J connectivity index is 1.50. The SMILES string of the molecule is N#CCSCC(=O)NCc1ccc(CN2CCc3ccccc32)cc1.